The van der Waals surface area contributed by atoms with Crippen LogP contribution >= 0.6 is 12.2 Å². The van der Waals surface area contributed by atoms with Gasteiger partial charge in [-0.2, -0.15) is 0 Å². The molecule has 1 N–H and O–H groups in total. The van der Waals surface area contributed by atoms with E-state index in [1.54, 1.807) is 12.4 Å². The standard InChI is InChI=1S/C14H12N4S/c1-18-12-7-8-15-9-11(12)17-13(18)14(19)16-10-5-3-2-4-6-10/h2-9H,1H3,(H,16,19). The van der Waals surface area contributed by atoms with E-state index in [1.807, 2.05) is 48.0 Å². The lowest BCUT2D eigenvalue weighted by Gasteiger charge is -2.07. The van der Waals surface area contributed by atoms with Gasteiger partial charge in [0.25, 0.3) is 0 Å². The molecule has 0 saturated heterocycles. The quantitative estimate of drug-likeness (QED) is 0.726. The maximum Gasteiger partial charge on any atom is 0.168 e. The third kappa shape index (κ3) is 2.20. The van der Waals surface area contributed by atoms with Gasteiger partial charge in [-0.25, -0.2) is 4.98 Å². The molecule has 4 nitrogen and oxygen atoms in total. The number of imidazole rings is 1. The Bertz CT molecular complexity index is 734. The molecule has 0 fully saturated rings. The number of thiocarbonyl (C=S) groups is 1. The summed E-state index contributed by atoms with van der Waals surface area (Å²) in [5.74, 6) is 0.738. The second-order valence-electron chi connectivity index (χ2n) is 4.18. The van der Waals surface area contributed by atoms with Crippen LogP contribution in [0.1, 0.15) is 5.82 Å². The Morgan fingerprint density at radius 1 is 1.21 bits per heavy atom. The van der Waals surface area contributed by atoms with Gasteiger partial charge in [0.15, 0.2) is 5.82 Å². The minimum atomic E-state index is 0.602. The highest BCUT2D eigenvalue weighted by molar-refractivity contribution is 7.81. The molecule has 3 rings (SSSR count). The maximum atomic E-state index is 5.42. The summed E-state index contributed by atoms with van der Waals surface area (Å²) in [5, 5.41) is 3.19. The third-order valence-electron chi connectivity index (χ3n) is 2.92. The van der Waals surface area contributed by atoms with Crippen LogP contribution in [-0.2, 0) is 7.05 Å². The van der Waals surface area contributed by atoms with Crippen molar-refractivity contribution in [2.75, 3.05) is 5.32 Å². The first-order valence-corrected chi connectivity index (χ1v) is 6.29. The van der Waals surface area contributed by atoms with Crippen molar-refractivity contribution in [1.29, 1.82) is 0 Å². The molecule has 2 aromatic heterocycles. The second kappa shape index (κ2) is 4.78. The van der Waals surface area contributed by atoms with Crippen LogP contribution in [0.15, 0.2) is 48.8 Å². The average molecular weight is 268 g/mol. The van der Waals surface area contributed by atoms with E-state index >= 15 is 0 Å². The second-order valence-corrected chi connectivity index (χ2v) is 4.59. The van der Waals surface area contributed by atoms with Crippen molar-refractivity contribution < 1.29 is 0 Å². The van der Waals surface area contributed by atoms with Gasteiger partial charge in [0.2, 0.25) is 0 Å². The van der Waals surface area contributed by atoms with Crippen molar-refractivity contribution in [1.82, 2.24) is 14.5 Å². The maximum absolute atomic E-state index is 5.42. The van der Waals surface area contributed by atoms with Gasteiger partial charge in [0.05, 0.1) is 11.7 Å². The molecule has 19 heavy (non-hydrogen) atoms. The summed E-state index contributed by atoms with van der Waals surface area (Å²) in [6.07, 6.45) is 3.49. The molecule has 3 aromatic rings. The zero-order valence-electron chi connectivity index (χ0n) is 10.4. The molecule has 2 heterocycles. The van der Waals surface area contributed by atoms with Gasteiger partial charge < -0.3 is 9.88 Å². The van der Waals surface area contributed by atoms with Crippen LogP contribution in [0, 0.1) is 0 Å². The number of para-hydroxylation sites is 1. The van der Waals surface area contributed by atoms with Gasteiger partial charge in [-0.3, -0.25) is 4.98 Å². The Balaban J connectivity index is 1.96. The zero-order chi connectivity index (χ0) is 13.2. The van der Waals surface area contributed by atoms with Gasteiger partial charge >= 0.3 is 0 Å². The van der Waals surface area contributed by atoms with Gasteiger partial charge in [-0.05, 0) is 18.2 Å². The SMILES string of the molecule is Cn1c(C(=S)Nc2ccccc2)nc2cnccc21. The molecule has 0 bridgehead atoms. The van der Waals surface area contributed by atoms with Crippen LogP contribution in [0.5, 0.6) is 0 Å². The molecule has 0 amide bonds. The third-order valence-corrected chi connectivity index (χ3v) is 3.20. The summed E-state index contributed by atoms with van der Waals surface area (Å²) in [5.41, 5.74) is 2.82. The number of hydrogen-bond acceptors (Lipinski definition) is 3. The first kappa shape index (κ1) is 11.8. The molecule has 94 valence electrons. The van der Waals surface area contributed by atoms with Crippen LogP contribution in [0.2, 0.25) is 0 Å². The van der Waals surface area contributed by atoms with E-state index < -0.39 is 0 Å². The topological polar surface area (TPSA) is 42.7 Å². The number of rotatable bonds is 2. The van der Waals surface area contributed by atoms with Crippen LogP contribution in [0.4, 0.5) is 5.69 Å². The molecule has 0 saturated carbocycles. The highest BCUT2D eigenvalue weighted by atomic mass is 32.1. The van der Waals surface area contributed by atoms with Crippen LogP contribution < -0.4 is 5.32 Å². The normalized spacial score (nSPS) is 10.6. The fraction of sp³-hybridized carbons (Fsp3) is 0.0714. The van der Waals surface area contributed by atoms with Crippen molar-refractivity contribution in [3.63, 3.8) is 0 Å². The lowest BCUT2D eigenvalue weighted by molar-refractivity contribution is 0.932. The largest absolute Gasteiger partial charge is 0.344 e. The van der Waals surface area contributed by atoms with E-state index in [2.05, 4.69) is 15.3 Å². The summed E-state index contributed by atoms with van der Waals surface area (Å²) in [6.45, 7) is 0. The van der Waals surface area contributed by atoms with Crippen LogP contribution in [-0.4, -0.2) is 19.5 Å². The molecule has 0 aliphatic carbocycles. The van der Waals surface area contributed by atoms with E-state index in [0.29, 0.717) is 4.99 Å². The number of nitrogens with zero attached hydrogens (tertiary/aromatic N) is 3. The fourth-order valence-corrected chi connectivity index (χ4v) is 2.26. The monoisotopic (exact) mass is 268 g/mol. The van der Waals surface area contributed by atoms with Crippen LogP contribution in [0.3, 0.4) is 0 Å². The molecular weight excluding hydrogens is 256 g/mol. The summed E-state index contributed by atoms with van der Waals surface area (Å²) in [7, 11) is 1.95. The van der Waals surface area contributed by atoms with Gasteiger partial charge in [0.1, 0.15) is 10.5 Å². The summed E-state index contributed by atoms with van der Waals surface area (Å²) in [4.78, 5) is 9.18. The lowest BCUT2D eigenvalue weighted by Crippen LogP contribution is -2.15. The highest BCUT2D eigenvalue weighted by Gasteiger charge is 2.11. The minimum Gasteiger partial charge on any atom is -0.344 e. The number of hydrogen-bond donors (Lipinski definition) is 1. The Hall–Kier alpha value is -2.27. The van der Waals surface area contributed by atoms with Crippen molar-refractivity contribution in [3.8, 4) is 0 Å². The average Bonchev–Trinajstić information content (AvgIpc) is 2.78. The summed E-state index contributed by atoms with van der Waals surface area (Å²) in [6, 6.07) is 11.8. The lowest BCUT2D eigenvalue weighted by atomic mass is 10.3. The molecule has 0 aliphatic rings. The van der Waals surface area contributed by atoms with Gasteiger partial charge in [-0.15, -0.1) is 0 Å². The molecular formula is C14H12N4S. The van der Waals surface area contributed by atoms with Crippen LogP contribution in [0.25, 0.3) is 11.0 Å². The first-order chi connectivity index (χ1) is 9.25. The Morgan fingerprint density at radius 3 is 2.74 bits per heavy atom. The molecule has 0 atom stereocenters. The summed E-state index contributed by atoms with van der Waals surface area (Å²) < 4.78 is 1.97. The number of benzene rings is 1. The number of nitrogens with one attached hydrogen (secondary N) is 1. The first-order valence-electron chi connectivity index (χ1n) is 5.88. The number of pyridine rings is 1. The predicted octanol–water partition coefficient (Wildman–Crippen LogP) is 2.76. The molecule has 0 spiro atoms. The van der Waals surface area contributed by atoms with Crippen molar-refractivity contribution in [2.24, 2.45) is 7.05 Å². The van der Waals surface area contributed by atoms with Gasteiger partial charge in [-0.1, -0.05) is 30.4 Å². The molecule has 0 radical (unpaired) electrons. The number of aromatic nitrogens is 3. The molecule has 1 aromatic carbocycles. The van der Waals surface area contributed by atoms with Gasteiger partial charge in [0, 0.05) is 18.9 Å². The Labute approximate surface area is 116 Å². The fourth-order valence-electron chi connectivity index (χ4n) is 1.96. The van der Waals surface area contributed by atoms with E-state index in [4.69, 9.17) is 12.2 Å². The molecule has 0 unspecified atom stereocenters. The highest BCUT2D eigenvalue weighted by Crippen LogP contribution is 2.15. The number of fused-ring (bicyclic) bond motifs is 1. The van der Waals surface area contributed by atoms with E-state index in [1.165, 1.54) is 0 Å². The Morgan fingerprint density at radius 2 is 2.00 bits per heavy atom. The van der Waals surface area contributed by atoms with Crippen molar-refractivity contribution in [2.45, 2.75) is 0 Å². The van der Waals surface area contributed by atoms with Crippen molar-refractivity contribution in [3.05, 3.63) is 54.6 Å². The predicted molar refractivity (Wildman–Crippen MR) is 80.3 cm³/mol. The molecule has 0 aliphatic heterocycles. The van der Waals surface area contributed by atoms with E-state index in [-0.39, 0.29) is 0 Å². The Kier molecular flexibility index (Phi) is 2.97. The number of aryl methyl sites for hydroxylation is 1. The van der Waals surface area contributed by atoms with E-state index in [0.717, 1.165) is 22.5 Å². The zero-order valence-corrected chi connectivity index (χ0v) is 11.2. The van der Waals surface area contributed by atoms with E-state index in [9.17, 15) is 0 Å². The number of anilines is 1. The smallest absolute Gasteiger partial charge is 0.168 e. The van der Waals surface area contributed by atoms with Crippen molar-refractivity contribution >= 4 is 33.9 Å². The minimum absolute atomic E-state index is 0.602. The summed E-state index contributed by atoms with van der Waals surface area (Å²) >= 11 is 5.42. The molecule has 5 heteroatoms.